The number of aromatic nitrogens is 1. The van der Waals surface area contributed by atoms with E-state index in [4.69, 9.17) is 0 Å². The smallest absolute Gasteiger partial charge is 0.337 e. The average molecular weight is 393 g/mol. The first-order chi connectivity index (χ1) is 14.0. The van der Waals surface area contributed by atoms with Crippen molar-refractivity contribution >= 4 is 23.4 Å². The van der Waals surface area contributed by atoms with Gasteiger partial charge in [0.25, 0.3) is 5.91 Å². The topological polar surface area (TPSA) is 80.3 Å². The maximum Gasteiger partial charge on any atom is 0.337 e. The molecule has 1 aromatic heterocycles. The fourth-order valence-electron chi connectivity index (χ4n) is 2.61. The van der Waals surface area contributed by atoms with Gasteiger partial charge >= 0.3 is 5.97 Å². The Morgan fingerprint density at radius 3 is 2.41 bits per heavy atom. The molecule has 0 atom stereocenters. The number of aryl methyl sites for hydroxylation is 1. The van der Waals surface area contributed by atoms with Crippen molar-refractivity contribution in [2.75, 3.05) is 17.7 Å². The SMILES string of the molecule is COC(=O)c1ccc(F)c(CNc2ccc(C(=O)Nc3ccc(C)cc3)cn2)c1. The van der Waals surface area contributed by atoms with Crippen LogP contribution in [0.5, 0.6) is 0 Å². The molecule has 148 valence electrons. The van der Waals surface area contributed by atoms with Crippen LogP contribution in [0.3, 0.4) is 0 Å². The molecule has 0 aliphatic heterocycles. The molecular formula is C22H20FN3O3. The van der Waals surface area contributed by atoms with Gasteiger partial charge in [0.05, 0.1) is 18.2 Å². The van der Waals surface area contributed by atoms with Gasteiger partial charge < -0.3 is 15.4 Å². The van der Waals surface area contributed by atoms with E-state index in [1.54, 1.807) is 12.1 Å². The molecule has 0 spiro atoms. The van der Waals surface area contributed by atoms with E-state index in [-0.39, 0.29) is 18.0 Å². The van der Waals surface area contributed by atoms with Gasteiger partial charge in [-0.05, 0) is 49.4 Å². The van der Waals surface area contributed by atoms with Gasteiger partial charge in [-0.15, -0.1) is 0 Å². The van der Waals surface area contributed by atoms with Crippen LogP contribution in [0.4, 0.5) is 15.9 Å². The van der Waals surface area contributed by atoms with E-state index in [0.717, 1.165) is 5.56 Å². The Bertz CT molecular complexity index is 1020. The number of ether oxygens (including phenoxy) is 1. The lowest BCUT2D eigenvalue weighted by atomic mass is 10.1. The third-order valence-electron chi connectivity index (χ3n) is 4.26. The number of halogens is 1. The van der Waals surface area contributed by atoms with Crippen LogP contribution in [0.1, 0.15) is 31.8 Å². The molecule has 0 aliphatic carbocycles. The highest BCUT2D eigenvalue weighted by Gasteiger charge is 2.11. The lowest BCUT2D eigenvalue weighted by molar-refractivity contribution is 0.0600. The number of esters is 1. The number of pyridine rings is 1. The molecular weight excluding hydrogens is 373 g/mol. The second-order valence-corrected chi connectivity index (χ2v) is 6.40. The second kappa shape index (κ2) is 8.97. The predicted octanol–water partition coefficient (Wildman–Crippen LogP) is 4.18. The Morgan fingerprint density at radius 1 is 1.03 bits per heavy atom. The molecule has 1 heterocycles. The Hall–Kier alpha value is -3.74. The number of anilines is 2. The predicted molar refractivity (Wildman–Crippen MR) is 108 cm³/mol. The molecule has 0 saturated carbocycles. The summed E-state index contributed by atoms with van der Waals surface area (Å²) in [5, 5.41) is 5.77. The number of hydrogen-bond donors (Lipinski definition) is 2. The van der Waals surface area contributed by atoms with Crippen LogP contribution in [0, 0.1) is 12.7 Å². The Labute approximate surface area is 167 Å². The van der Waals surface area contributed by atoms with Gasteiger partial charge in [0, 0.05) is 24.0 Å². The highest BCUT2D eigenvalue weighted by Crippen LogP contribution is 2.15. The molecule has 3 aromatic rings. The normalized spacial score (nSPS) is 10.3. The van der Waals surface area contributed by atoms with E-state index in [9.17, 15) is 14.0 Å². The van der Waals surface area contributed by atoms with Crippen molar-refractivity contribution in [2.45, 2.75) is 13.5 Å². The van der Waals surface area contributed by atoms with E-state index in [1.165, 1.54) is 31.5 Å². The minimum absolute atomic E-state index is 0.124. The van der Waals surface area contributed by atoms with Crippen molar-refractivity contribution in [3.63, 3.8) is 0 Å². The number of amides is 1. The van der Waals surface area contributed by atoms with Crippen LogP contribution in [0.15, 0.2) is 60.8 Å². The van der Waals surface area contributed by atoms with Gasteiger partial charge in [-0.1, -0.05) is 17.7 Å². The highest BCUT2D eigenvalue weighted by atomic mass is 19.1. The van der Waals surface area contributed by atoms with Crippen molar-refractivity contribution in [1.29, 1.82) is 0 Å². The molecule has 3 rings (SSSR count). The first-order valence-electron chi connectivity index (χ1n) is 8.91. The number of carbonyl (C=O) groups excluding carboxylic acids is 2. The Morgan fingerprint density at radius 2 is 1.76 bits per heavy atom. The van der Waals surface area contributed by atoms with Crippen molar-refractivity contribution in [1.82, 2.24) is 4.98 Å². The summed E-state index contributed by atoms with van der Waals surface area (Å²) in [7, 11) is 1.27. The summed E-state index contributed by atoms with van der Waals surface area (Å²) in [6.45, 7) is 2.09. The van der Waals surface area contributed by atoms with Gasteiger partial charge in [-0.2, -0.15) is 0 Å². The van der Waals surface area contributed by atoms with E-state index < -0.39 is 11.8 Å². The summed E-state index contributed by atoms with van der Waals surface area (Å²) >= 11 is 0. The van der Waals surface area contributed by atoms with Crippen LogP contribution in [-0.2, 0) is 11.3 Å². The van der Waals surface area contributed by atoms with E-state index >= 15 is 0 Å². The lowest BCUT2D eigenvalue weighted by Gasteiger charge is -2.09. The molecule has 2 N–H and O–H groups in total. The van der Waals surface area contributed by atoms with Crippen LogP contribution in [0.2, 0.25) is 0 Å². The molecule has 1 amide bonds. The fourth-order valence-corrected chi connectivity index (χ4v) is 2.61. The quantitative estimate of drug-likeness (QED) is 0.614. The van der Waals surface area contributed by atoms with Gasteiger partial charge in [0.15, 0.2) is 0 Å². The first kappa shape index (κ1) is 20.0. The molecule has 0 fully saturated rings. The monoisotopic (exact) mass is 393 g/mol. The summed E-state index contributed by atoms with van der Waals surface area (Å²) in [4.78, 5) is 28.1. The van der Waals surface area contributed by atoms with E-state index in [0.29, 0.717) is 22.6 Å². The standard InChI is InChI=1S/C22H20FN3O3/c1-14-3-7-18(8-4-14)26-21(27)16-6-10-20(24-12-16)25-13-17-11-15(22(28)29-2)5-9-19(17)23/h3-12H,13H2,1-2H3,(H,24,25)(H,26,27). The van der Waals surface area contributed by atoms with Crippen LogP contribution >= 0.6 is 0 Å². The minimum atomic E-state index is -0.534. The van der Waals surface area contributed by atoms with Crippen LogP contribution < -0.4 is 10.6 Å². The third-order valence-corrected chi connectivity index (χ3v) is 4.26. The zero-order valence-electron chi connectivity index (χ0n) is 16.0. The summed E-state index contributed by atoms with van der Waals surface area (Å²) in [6.07, 6.45) is 1.44. The summed E-state index contributed by atoms with van der Waals surface area (Å²) in [5.74, 6) is -0.781. The first-order valence-corrected chi connectivity index (χ1v) is 8.91. The number of rotatable bonds is 6. The van der Waals surface area contributed by atoms with Crippen LogP contribution in [-0.4, -0.2) is 24.0 Å². The van der Waals surface area contributed by atoms with Crippen LogP contribution in [0.25, 0.3) is 0 Å². The second-order valence-electron chi connectivity index (χ2n) is 6.40. The van der Waals surface area contributed by atoms with Gasteiger partial charge in [0.1, 0.15) is 11.6 Å². The fraction of sp³-hybridized carbons (Fsp3) is 0.136. The number of hydrogen-bond acceptors (Lipinski definition) is 5. The minimum Gasteiger partial charge on any atom is -0.465 e. The molecule has 7 heteroatoms. The molecule has 0 bridgehead atoms. The van der Waals surface area contributed by atoms with Gasteiger partial charge in [-0.25, -0.2) is 14.2 Å². The number of carbonyl (C=O) groups is 2. The molecule has 29 heavy (non-hydrogen) atoms. The van der Waals surface area contributed by atoms with Gasteiger partial charge in [-0.3, -0.25) is 4.79 Å². The van der Waals surface area contributed by atoms with Crippen molar-refractivity contribution in [2.24, 2.45) is 0 Å². The third kappa shape index (κ3) is 5.16. The summed E-state index contributed by atoms with van der Waals surface area (Å²) in [5.41, 5.74) is 2.77. The number of benzene rings is 2. The summed E-state index contributed by atoms with van der Waals surface area (Å²) in [6, 6.07) is 14.7. The molecule has 2 aromatic carbocycles. The zero-order chi connectivity index (χ0) is 20.8. The number of nitrogens with zero attached hydrogens (tertiary/aromatic N) is 1. The number of methoxy groups -OCH3 is 1. The Kier molecular flexibility index (Phi) is 6.19. The molecule has 0 radical (unpaired) electrons. The van der Waals surface area contributed by atoms with Crippen molar-refractivity contribution in [3.05, 3.63) is 88.9 Å². The average Bonchev–Trinajstić information content (AvgIpc) is 2.74. The van der Waals surface area contributed by atoms with Gasteiger partial charge in [0.2, 0.25) is 0 Å². The van der Waals surface area contributed by atoms with E-state index in [2.05, 4.69) is 20.4 Å². The molecule has 0 saturated heterocycles. The largest absolute Gasteiger partial charge is 0.465 e. The van der Waals surface area contributed by atoms with E-state index in [1.807, 2.05) is 31.2 Å². The van der Waals surface area contributed by atoms with Crippen molar-refractivity contribution in [3.8, 4) is 0 Å². The molecule has 0 unspecified atom stereocenters. The highest BCUT2D eigenvalue weighted by molar-refractivity contribution is 6.04. The maximum absolute atomic E-state index is 14.0. The summed E-state index contributed by atoms with van der Waals surface area (Å²) < 4.78 is 18.6. The number of nitrogens with one attached hydrogen (secondary N) is 2. The zero-order valence-corrected chi connectivity index (χ0v) is 16.0. The maximum atomic E-state index is 14.0. The molecule has 0 aliphatic rings. The molecule has 6 nitrogen and oxygen atoms in total. The Balaban J connectivity index is 1.63. The lowest BCUT2D eigenvalue weighted by Crippen LogP contribution is -2.12. The van der Waals surface area contributed by atoms with Crippen molar-refractivity contribution < 1.29 is 18.7 Å².